The average molecular weight is 289 g/mol. The summed E-state index contributed by atoms with van der Waals surface area (Å²) in [6.07, 6.45) is 5.58. The van der Waals surface area contributed by atoms with Crippen LogP contribution in [0.3, 0.4) is 0 Å². The second-order valence-corrected chi connectivity index (χ2v) is 6.09. The van der Waals surface area contributed by atoms with Crippen molar-refractivity contribution in [1.82, 2.24) is 10.3 Å². The van der Waals surface area contributed by atoms with Gasteiger partial charge in [-0.2, -0.15) is 0 Å². The first-order valence-corrected chi connectivity index (χ1v) is 7.93. The molecule has 1 aliphatic rings. The molecule has 0 spiro atoms. The third-order valence-corrected chi connectivity index (χ3v) is 4.74. The lowest BCUT2D eigenvalue weighted by Crippen LogP contribution is -2.35. The number of halogens is 1. The third kappa shape index (κ3) is 2.55. The van der Waals surface area contributed by atoms with Gasteiger partial charge in [-0.3, -0.25) is 4.98 Å². The number of hydrogen-bond acceptors (Lipinski definition) is 2. The predicted octanol–water partition coefficient (Wildman–Crippen LogP) is 4.38. The smallest absolute Gasteiger partial charge is 0.0751 e. The molecule has 20 heavy (non-hydrogen) atoms. The van der Waals surface area contributed by atoms with E-state index in [4.69, 9.17) is 11.6 Å². The quantitative estimate of drug-likeness (QED) is 0.906. The third-order valence-electron chi connectivity index (χ3n) is 4.41. The highest BCUT2D eigenvalue weighted by molar-refractivity contribution is 6.35. The molecule has 0 amide bonds. The minimum Gasteiger partial charge on any atom is -0.316 e. The zero-order valence-corrected chi connectivity index (χ0v) is 12.7. The van der Waals surface area contributed by atoms with Gasteiger partial charge in [0.15, 0.2) is 0 Å². The standard InChI is InChI=1S/C17H21ClN2/c1-2-4-12-11-19-10-8-13(12)14-6-7-16(18)15-5-3-9-20-17(14)15/h3,5-7,9,12-13,19H,2,4,8,10-11H2,1H3. The Kier molecular flexibility index (Phi) is 4.23. The van der Waals surface area contributed by atoms with E-state index in [1.54, 1.807) is 0 Å². The van der Waals surface area contributed by atoms with E-state index in [1.807, 2.05) is 18.3 Å². The number of nitrogens with zero attached hydrogens (tertiary/aromatic N) is 1. The highest BCUT2D eigenvalue weighted by Gasteiger charge is 2.27. The topological polar surface area (TPSA) is 24.9 Å². The summed E-state index contributed by atoms with van der Waals surface area (Å²) in [5.41, 5.74) is 2.47. The molecule has 1 aromatic heterocycles. The van der Waals surface area contributed by atoms with Crippen molar-refractivity contribution in [2.45, 2.75) is 32.1 Å². The van der Waals surface area contributed by atoms with Crippen molar-refractivity contribution >= 4 is 22.5 Å². The van der Waals surface area contributed by atoms with Crippen LogP contribution in [0.1, 0.15) is 37.7 Å². The molecule has 2 nitrogen and oxygen atoms in total. The van der Waals surface area contributed by atoms with Gasteiger partial charge in [0.25, 0.3) is 0 Å². The summed E-state index contributed by atoms with van der Waals surface area (Å²) in [6.45, 7) is 4.49. The van der Waals surface area contributed by atoms with Crippen LogP contribution in [0, 0.1) is 5.92 Å². The SMILES string of the molecule is CCCC1CNCCC1c1ccc(Cl)c2cccnc12. The Morgan fingerprint density at radius 2 is 2.25 bits per heavy atom. The summed E-state index contributed by atoms with van der Waals surface area (Å²) in [7, 11) is 0. The number of pyridine rings is 1. The van der Waals surface area contributed by atoms with E-state index in [0.717, 1.165) is 29.0 Å². The van der Waals surface area contributed by atoms with Gasteiger partial charge in [0.1, 0.15) is 0 Å². The molecule has 1 saturated heterocycles. The van der Waals surface area contributed by atoms with Crippen LogP contribution in [-0.4, -0.2) is 18.1 Å². The number of piperidine rings is 1. The molecular formula is C17H21ClN2. The van der Waals surface area contributed by atoms with Gasteiger partial charge in [-0.15, -0.1) is 0 Å². The van der Waals surface area contributed by atoms with Crippen molar-refractivity contribution in [2.75, 3.05) is 13.1 Å². The van der Waals surface area contributed by atoms with Crippen LogP contribution in [0.25, 0.3) is 10.9 Å². The Labute approximate surface area is 125 Å². The van der Waals surface area contributed by atoms with Crippen LogP contribution < -0.4 is 5.32 Å². The molecule has 2 heterocycles. The van der Waals surface area contributed by atoms with Crippen molar-refractivity contribution in [3.8, 4) is 0 Å². The highest BCUT2D eigenvalue weighted by Crippen LogP contribution is 2.37. The molecule has 0 bridgehead atoms. The molecule has 1 aliphatic heterocycles. The van der Waals surface area contributed by atoms with E-state index >= 15 is 0 Å². The zero-order chi connectivity index (χ0) is 13.9. The number of aromatic nitrogens is 1. The van der Waals surface area contributed by atoms with Crippen LogP contribution >= 0.6 is 11.6 Å². The molecule has 0 aliphatic carbocycles. The molecule has 1 N–H and O–H groups in total. The van der Waals surface area contributed by atoms with Gasteiger partial charge in [0, 0.05) is 16.6 Å². The van der Waals surface area contributed by atoms with Gasteiger partial charge in [-0.1, -0.05) is 31.0 Å². The van der Waals surface area contributed by atoms with Crippen LogP contribution in [-0.2, 0) is 0 Å². The molecule has 3 rings (SSSR count). The molecule has 2 aromatic rings. The molecule has 0 saturated carbocycles. The van der Waals surface area contributed by atoms with Crippen LogP contribution in [0.2, 0.25) is 5.02 Å². The minimum atomic E-state index is 0.603. The molecule has 106 valence electrons. The van der Waals surface area contributed by atoms with Crippen LogP contribution in [0.15, 0.2) is 30.5 Å². The molecule has 2 unspecified atom stereocenters. The summed E-state index contributed by atoms with van der Waals surface area (Å²) in [4.78, 5) is 4.61. The fraction of sp³-hybridized carbons (Fsp3) is 0.471. The summed E-state index contributed by atoms with van der Waals surface area (Å²) in [5, 5.41) is 5.42. The largest absolute Gasteiger partial charge is 0.316 e. The fourth-order valence-corrected chi connectivity index (χ4v) is 3.68. The van der Waals surface area contributed by atoms with E-state index in [9.17, 15) is 0 Å². The Balaban J connectivity index is 2.06. The van der Waals surface area contributed by atoms with E-state index in [1.165, 1.54) is 24.8 Å². The lowest BCUT2D eigenvalue weighted by molar-refractivity contribution is 0.308. The summed E-state index contributed by atoms with van der Waals surface area (Å²) < 4.78 is 0. The monoisotopic (exact) mass is 288 g/mol. The van der Waals surface area contributed by atoms with E-state index < -0.39 is 0 Å². The Hall–Kier alpha value is -1.12. The number of rotatable bonds is 3. The molecule has 1 aromatic carbocycles. The lowest BCUT2D eigenvalue weighted by atomic mass is 9.78. The van der Waals surface area contributed by atoms with Gasteiger partial charge in [-0.25, -0.2) is 0 Å². The fourth-order valence-electron chi connectivity index (χ4n) is 3.47. The normalized spacial score (nSPS) is 23.1. The van der Waals surface area contributed by atoms with Crippen LogP contribution in [0.4, 0.5) is 0 Å². The first kappa shape index (κ1) is 13.8. The second kappa shape index (κ2) is 6.11. The number of benzene rings is 1. The number of hydrogen-bond donors (Lipinski definition) is 1. The Morgan fingerprint density at radius 1 is 1.35 bits per heavy atom. The van der Waals surface area contributed by atoms with E-state index in [-0.39, 0.29) is 0 Å². The predicted molar refractivity (Wildman–Crippen MR) is 85.4 cm³/mol. The highest BCUT2D eigenvalue weighted by atomic mass is 35.5. The molecule has 0 radical (unpaired) electrons. The van der Waals surface area contributed by atoms with E-state index in [2.05, 4.69) is 29.4 Å². The van der Waals surface area contributed by atoms with Crippen molar-refractivity contribution in [2.24, 2.45) is 5.92 Å². The van der Waals surface area contributed by atoms with Crippen molar-refractivity contribution < 1.29 is 0 Å². The van der Waals surface area contributed by atoms with Gasteiger partial charge < -0.3 is 5.32 Å². The number of nitrogens with one attached hydrogen (secondary N) is 1. The summed E-state index contributed by atoms with van der Waals surface area (Å²) in [5.74, 6) is 1.31. The van der Waals surface area contributed by atoms with Crippen molar-refractivity contribution in [1.29, 1.82) is 0 Å². The van der Waals surface area contributed by atoms with Crippen molar-refractivity contribution in [3.63, 3.8) is 0 Å². The maximum absolute atomic E-state index is 6.31. The van der Waals surface area contributed by atoms with Crippen LogP contribution in [0.5, 0.6) is 0 Å². The average Bonchev–Trinajstić information content (AvgIpc) is 2.49. The zero-order valence-electron chi connectivity index (χ0n) is 11.9. The molecular weight excluding hydrogens is 268 g/mol. The first-order chi connectivity index (χ1) is 9.81. The van der Waals surface area contributed by atoms with Gasteiger partial charge in [-0.05, 0) is 61.5 Å². The maximum atomic E-state index is 6.31. The van der Waals surface area contributed by atoms with E-state index in [0.29, 0.717) is 11.8 Å². The maximum Gasteiger partial charge on any atom is 0.0751 e. The van der Waals surface area contributed by atoms with Gasteiger partial charge in [0.05, 0.1) is 5.52 Å². The van der Waals surface area contributed by atoms with Gasteiger partial charge in [0.2, 0.25) is 0 Å². The summed E-state index contributed by atoms with van der Waals surface area (Å²) in [6, 6.07) is 8.26. The lowest BCUT2D eigenvalue weighted by Gasteiger charge is -2.33. The molecule has 1 fully saturated rings. The Bertz CT molecular complexity index is 595. The molecule has 2 atom stereocenters. The Morgan fingerprint density at radius 3 is 3.10 bits per heavy atom. The minimum absolute atomic E-state index is 0.603. The summed E-state index contributed by atoms with van der Waals surface area (Å²) >= 11 is 6.31. The second-order valence-electron chi connectivity index (χ2n) is 5.68. The van der Waals surface area contributed by atoms with Crippen molar-refractivity contribution in [3.05, 3.63) is 41.0 Å². The van der Waals surface area contributed by atoms with Gasteiger partial charge >= 0.3 is 0 Å². The first-order valence-electron chi connectivity index (χ1n) is 7.55. The molecule has 3 heteroatoms. The number of fused-ring (bicyclic) bond motifs is 1.